The van der Waals surface area contributed by atoms with Crippen molar-refractivity contribution in [3.05, 3.63) is 33.8 Å². The maximum Gasteiger partial charge on any atom is 0.137 e. The molecule has 0 heterocycles. The fraction of sp³-hybridized carbons (Fsp3) is 0.417. The maximum absolute atomic E-state index is 11.6. The number of carbonyl (C=O) groups is 1. The van der Waals surface area contributed by atoms with Crippen molar-refractivity contribution >= 4 is 29.0 Å². The molecule has 1 aromatic rings. The Morgan fingerprint density at radius 3 is 2.69 bits per heavy atom. The van der Waals surface area contributed by atoms with E-state index in [0.29, 0.717) is 29.3 Å². The van der Waals surface area contributed by atoms with E-state index < -0.39 is 0 Å². The Balaban J connectivity index is 2.56. The van der Waals surface area contributed by atoms with E-state index >= 15 is 0 Å². The van der Waals surface area contributed by atoms with Crippen molar-refractivity contribution in [1.82, 2.24) is 0 Å². The SMILES string of the molecule is CC(N)CCC(=O)Cc1ccc(Cl)cc1Cl. The molecular weight excluding hydrogens is 245 g/mol. The van der Waals surface area contributed by atoms with Crippen LogP contribution < -0.4 is 5.73 Å². The van der Waals surface area contributed by atoms with E-state index in [1.807, 2.05) is 6.92 Å². The van der Waals surface area contributed by atoms with Gasteiger partial charge in [-0.1, -0.05) is 29.3 Å². The molecule has 0 aliphatic rings. The molecule has 2 nitrogen and oxygen atoms in total. The molecule has 4 heteroatoms. The number of rotatable bonds is 5. The molecule has 0 radical (unpaired) electrons. The lowest BCUT2D eigenvalue weighted by molar-refractivity contribution is -0.118. The predicted octanol–water partition coefficient (Wildman–Crippen LogP) is 3.23. The second-order valence-corrected chi connectivity index (χ2v) is 4.81. The molecule has 1 aromatic carbocycles. The van der Waals surface area contributed by atoms with Crippen molar-refractivity contribution in [2.75, 3.05) is 0 Å². The van der Waals surface area contributed by atoms with Gasteiger partial charge in [0.2, 0.25) is 0 Å². The van der Waals surface area contributed by atoms with E-state index in [2.05, 4.69) is 0 Å². The molecule has 0 saturated heterocycles. The molecule has 1 rings (SSSR count). The summed E-state index contributed by atoms with van der Waals surface area (Å²) >= 11 is 11.7. The average molecular weight is 260 g/mol. The maximum atomic E-state index is 11.6. The van der Waals surface area contributed by atoms with Crippen LogP contribution in [0.15, 0.2) is 18.2 Å². The summed E-state index contributed by atoms with van der Waals surface area (Å²) < 4.78 is 0. The molecule has 1 unspecified atom stereocenters. The van der Waals surface area contributed by atoms with E-state index in [1.165, 1.54) is 0 Å². The highest BCUT2D eigenvalue weighted by atomic mass is 35.5. The Morgan fingerprint density at radius 1 is 1.44 bits per heavy atom. The molecule has 0 amide bonds. The van der Waals surface area contributed by atoms with Gasteiger partial charge in [-0.2, -0.15) is 0 Å². The normalized spacial score (nSPS) is 12.5. The zero-order valence-corrected chi connectivity index (χ0v) is 10.7. The van der Waals surface area contributed by atoms with Gasteiger partial charge in [0, 0.05) is 28.9 Å². The summed E-state index contributed by atoms with van der Waals surface area (Å²) in [6.45, 7) is 1.89. The molecule has 88 valence electrons. The molecule has 2 N–H and O–H groups in total. The minimum atomic E-state index is 0.0599. The number of hydrogen-bond acceptors (Lipinski definition) is 2. The van der Waals surface area contributed by atoms with Crippen molar-refractivity contribution < 1.29 is 4.79 Å². The van der Waals surface area contributed by atoms with Gasteiger partial charge in [-0.15, -0.1) is 0 Å². The van der Waals surface area contributed by atoms with Crippen LogP contribution in [0.2, 0.25) is 10.0 Å². The lowest BCUT2D eigenvalue weighted by Crippen LogP contribution is -2.17. The third-order valence-electron chi connectivity index (χ3n) is 2.28. The second kappa shape index (κ2) is 6.24. The van der Waals surface area contributed by atoms with Gasteiger partial charge in [0.1, 0.15) is 5.78 Å². The summed E-state index contributed by atoms with van der Waals surface area (Å²) in [6, 6.07) is 5.23. The Labute approximate surface area is 106 Å². The van der Waals surface area contributed by atoms with Crippen LogP contribution in [-0.4, -0.2) is 11.8 Å². The fourth-order valence-corrected chi connectivity index (χ4v) is 1.83. The first kappa shape index (κ1) is 13.5. The Morgan fingerprint density at radius 2 is 2.12 bits per heavy atom. The third kappa shape index (κ3) is 4.52. The van der Waals surface area contributed by atoms with Crippen LogP contribution in [0.3, 0.4) is 0 Å². The molecule has 0 aliphatic carbocycles. The van der Waals surface area contributed by atoms with E-state index in [9.17, 15) is 4.79 Å². The first-order valence-corrected chi connectivity index (χ1v) is 5.96. The molecule has 16 heavy (non-hydrogen) atoms. The van der Waals surface area contributed by atoms with Gasteiger partial charge in [-0.05, 0) is 31.0 Å². The van der Waals surface area contributed by atoms with E-state index in [0.717, 1.165) is 5.56 Å². The van der Waals surface area contributed by atoms with Gasteiger partial charge in [-0.3, -0.25) is 4.79 Å². The van der Waals surface area contributed by atoms with Crippen LogP contribution in [0.25, 0.3) is 0 Å². The van der Waals surface area contributed by atoms with Gasteiger partial charge in [0.05, 0.1) is 0 Å². The average Bonchev–Trinajstić information content (AvgIpc) is 2.19. The lowest BCUT2D eigenvalue weighted by atomic mass is 10.0. The van der Waals surface area contributed by atoms with Crippen molar-refractivity contribution in [3.8, 4) is 0 Å². The highest BCUT2D eigenvalue weighted by Gasteiger charge is 2.08. The minimum Gasteiger partial charge on any atom is -0.328 e. The van der Waals surface area contributed by atoms with Crippen LogP contribution in [-0.2, 0) is 11.2 Å². The van der Waals surface area contributed by atoms with Crippen LogP contribution in [0.5, 0.6) is 0 Å². The molecule has 0 bridgehead atoms. The van der Waals surface area contributed by atoms with Crippen LogP contribution in [0.1, 0.15) is 25.3 Å². The zero-order valence-electron chi connectivity index (χ0n) is 9.17. The number of ketones is 1. The first-order valence-electron chi connectivity index (χ1n) is 5.20. The summed E-state index contributed by atoms with van der Waals surface area (Å²) in [5.41, 5.74) is 6.41. The molecular formula is C12H15Cl2NO. The van der Waals surface area contributed by atoms with Gasteiger partial charge in [0.15, 0.2) is 0 Å². The summed E-state index contributed by atoms with van der Waals surface area (Å²) in [6.07, 6.45) is 1.56. The minimum absolute atomic E-state index is 0.0599. The third-order valence-corrected chi connectivity index (χ3v) is 2.87. The van der Waals surface area contributed by atoms with Gasteiger partial charge < -0.3 is 5.73 Å². The number of carbonyl (C=O) groups excluding carboxylic acids is 1. The quantitative estimate of drug-likeness (QED) is 0.883. The predicted molar refractivity (Wildman–Crippen MR) is 68.1 cm³/mol. The first-order chi connectivity index (χ1) is 7.49. The summed E-state index contributed by atoms with van der Waals surface area (Å²) in [4.78, 5) is 11.6. The molecule has 0 spiro atoms. The van der Waals surface area contributed by atoms with Crippen molar-refractivity contribution in [2.45, 2.75) is 32.2 Å². The standard InChI is InChI=1S/C12H15Cl2NO/c1-8(15)2-5-11(16)6-9-3-4-10(13)7-12(9)14/h3-4,7-8H,2,5-6,15H2,1H3. The Hall–Kier alpha value is -0.570. The van der Waals surface area contributed by atoms with Gasteiger partial charge >= 0.3 is 0 Å². The highest BCUT2D eigenvalue weighted by molar-refractivity contribution is 6.35. The molecule has 0 aliphatic heterocycles. The van der Waals surface area contributed by atoms with Crippen molar-refractivity contribution in [3.63, 3.8) is 0 Å². The summed E-state index contributed by atoms with van der Waals surface area (Å²) in [5.74, 6) is 0.154. The van der Waals surface area contributed by atoms with Crippen molar-refractivity contribution in [1.29, 1.82) is 0 Å². The van der Waals surface area contributed by atoms with Gasteiger partial charge in [-0.25, -0.2) is 0 Å². The summed E-state index contributed by atoms with van der Waals surface area (Å²) in [7, 11) is 0. The molecule has 0 saturated carbocycles. The lowest BCUT2D eigenvalue weighted by Gasteiger charge is -2.06. The van der Waals surface area contributed by atoms with E-state index in [1.54, 1.807) is 18.2 Å². The number of benzene rings is 1. The van der Waals surface area contributed by atoms with Crippen LogP contribution in [0.4, 0.5) is 0 Å². The monoisotopic (exact) mass is 259 g/mol. The molecule has 1 atom stereocenters. The van der Waals surface area contributed by atoms with E-state index in [4.69, 9.17) is 28.9 Å². The van der Waals surface area contributed by atoms with E-state index in [-0.39, 0.29) is 11.8 Å². The van der Waals surface area contributed by atoms with Crippen molar-refractivity contribution in [2.24, 2.45) is 5.73 Å². The molecule has 0 aromatic heterocycles. The van der Waals surface area contributed by atoms with Crippen LogP contribution >= 0.6 is 23.2 Å². The topological polar surface area (TPSA) is 43.1 Å². The largest absolute Gasteiger partial charge is 0.328 e. The zero-order chi connectivity index (χ0) is 12.1. The number of halogens is 2. The summed E-state index contributed by atoms with van der Waals surface area (Å²) in [5, 5.41) is 1.12. The van der Waals surface area contributed by atoms with Crippen LogP contribution in [0, 0.1) is 0 Å². The number of hydrogen-bond donors (Lipinski definition) is 1. The Kier molecular flexibility index (Phi) is 5.26. The number of nitrogens with two attached hydrogens (primary N) is 1. The number of Topliss-reactive ketones (excluding diaryl/α,β-unsaturated/α-hetero) is 1. The smallest absolute Gasteiger partial charge is 0.137 e. The fourth-order valence-electron chi connectivity index (χ4n) is 1.35. The molecule has 0 fully saturated rings. The Bertz CT molecular complexity index is 377. The second-order valence-electron chi connectivity index (χ2n) is 3.97. The highest BCUT2D eigenvalue weighted by Crippen LogP contribution is 2.21. The van der Waals surface area contributed by atoms with Gasteiger partial charge in [0.25, 0.3) is 0 Å².